The number of aromatic nitrogens is 2. The summed E-state index contributed by atoms with van der Waals surface area (Å²) in [5.74, 6) is 0. The van der Waals surface area contributed by atoms with E-state index in [1.807, 2.05) is 30.3 Å². The lowest BCUT2D eigenvalue weighted by Gasteiger charge is -2.22. The first kappa shape index (κ1) is 14.2. The van der Waals surface area contributed by atoms with Crippen LogP contribution in [0.25, 0.3) is 0 Å². The molecule has 21 heavy (non-hydrogen) atoms. The molecule has 0 amide bonds. The SMILES string of the molecule is O=S(=O)(NCc1ccccc1)N[C@@H]1CCc2[nH]ncc2C1. The average Bonchev–Trinajstić information content (AvgIpc) is 2.93. The molecule has 1 aliphatic rings. The number of nitrogens with one attached hydrogen (secondary N) is 3. The lowest BCUT2D eigenvalue weighted by Crippen LogP contribution is -2.44. The van der Waals surface area contributed by atoms with Crippen LogP contribution in [-0.4, -0.2) is 24.7 Å². The second-order valence-corrected chi connectivity index (χ2v) is 6.77. The molecule has 0 radical (unpaired) electrons. The molecule has 1 atom stereocenters. The van der Waals surface area contributed by atoms with Gasteiger partial charge in [-0.2, -0.15) is 23.0 Å². The number of aromatic amines is 1. The number of aryl methyl sites for hydroxylation is 1. The third-order valence-electron chi connectivity index (χ3n) is 3.65. The predicted molar refractivity (Wildman–Crippen MR) is 79.7 cm³/mol. The van der Waals surface area contributed by atoms with Crippen molar-refractivity contribution in [3.63, 3.8) is 0 Å². The molecule has 1 aliphatic carbocycles. The van der Waals surface area contributed by atoms with E-state index in [0.717, 1.165) is 29.7 Å². The quantitative estimate of drug-likeness (QED) is 0.767. The first-order valence-corrected chi connectivity index (χ1v) is 8.43. The van der Waals surface area contributed by atoms with E-state index in [2.05, 4.69) is 19.6 Å². The lowest BCUT2D eigenvalue weighted by atomic mass is 9.94. The summed E-state index contributed by atoms with van der Waals surface area (Å²) in [6.07, 6.45) is 4.05. The summed E-state index contributed by atoms with van der Waals surface area (Å²) in [6, 6.07) is 9.38. The van der Waals surface area contributed by atoms with E-state index in [4.69, 9.17) is 0 Å². The summed E-state index contributed by atoms with van der Waals surface area (Å²) < 4.78 is 29.4. The molecule has 6 nitrogen and oxygen atoms in total. The predicted octanol–water partition coefficient (Wildman–Crippen LogP) is 0.891. The van der Waals surface area contributed by atoms with Crippen LogP contribution in [-0.2, 0) is 29.6 Å². The summed E-state index contributed by atoms with van der Waals surface area (Å²) in [5.41, 5.74) is 3.14. The highest BCUT2D eigenvalue weighted by Gasteiger charge is 2.23. The summed E-state index contributed by atoms with van der Waals surface area (Å²) in [5, 5.41) is 6.94. The van der Waals surface area contributed by atoms with Gasteiger partial charge in [-0.15, -0.1) is 0 Å². The fraction of sp³-hybridized carbons (Fsp3) is 0.357. The van der Waals surface area contributed by atoms with Gasteiger partial charge in [0.1, 0.15) is 0 Å². The molecule has 1 aromatic heterocycles. The van der Waals surface area contributed by atoms with E-state index in [9.17, 15) is 8.42 Å². The monoisotopic (exact) mass is 306 g/mol. The Balaban J connectivity index is 1.57. The first-order valence-electron chi connectivity index (χ1n) is 6.94. The molecule has 2 aromatic rings. The molecule has 3 rings (SSSR count). The minimum absolute atomic E-state index is 0.0802. The molecule has 3 N–H and O–H groups in total. The van der Waals surface area contributed by atoms with Crippen LogP contribution in [0.5, 0.6) is 0 Å². The van der Waals surface area contributed by atoms with E-state index in [1.165, 1.54) is 0 Å². The Morgan fingerprint density at radius 3 is 2.90 bits per heavy atom. The zero-order chi connectivity index (χ0) is 14.7. The summed E-state index contributed by atoms with van der Waals surface area (Å²) in [4.78, 5) is 0. The second kappa shape index (κ2) is 5.97. The van der Waals surface area contributed by atoms with Gasteiger partial charge in [-0.25, -0.2) is 0 Å². The van der Waals surface area contributed by atoms with Crippen molar-refractivity contribution >= 4 is 10.2 Å². The molecule has 7 heteroatoms. The van der Waals surface area contributed by atoms with Gasteiger partial charge in [-0.1, -0.05) is 30.3 Å². The Hall–Kier alpha value is -1.70. The largest absolute Gasteiger partial charge is 0.282 e. The summed E-state index contributed by atoms with van der Waals surface area (Å²) in [7, 11) is -3.50. The van der Waals surface area contributed by atoms with E-state index < -0.39 is 10.2 Å². The van der Waals surface area contributed by atoms with Gasteiger partial charge in [-0.05, 0) is 30.4 Å². The number of H-pyrrole nitrogens is 1. The molecule has 0 bridgehead atoms. The molecular weight excluding hydrogens is 288 g/mol. The summed E-state index contributed by atoms with van der Waals surface area (Å²) in [6.45, 7) is 0.292. The molecule has 112 valence electrons. The number of benzene rings is 1. The Morgan fingerprint density at radius 1 is 1.29 bits per heavy atom. The van der Waals surface area contributed by atoms with Crippen LogP contribution < -0.4 is 9.44 Å². The van der Waals surface area contributed by atoms with E-state index in [0.29, 0.717) is 13.0 Å². The van der Waals surface area contributed by atoms with Crippen LogP contribution in [0.1, 0.15) is 23.2 Å². The van der Waals surface area contributed by atoms with Crippen molar-refractivity contribution in [1.82, 2.24) is 19.6 Å². The smallest absolute Gasteiger partial charge is 0.277 e. The standard InChI is InChI=1S/C14H18N4O2S/c19-21(20,16-9-11-4-2-1-3-5-11)18-13-6-7-14-12(8-13)10-15-17-14/h1-5,10,13,16,18H,6-9H2,(H,15,17)/t13-/m1/s1. The number of hydrogen-bond donors (Lipinski definition) is 3. The Bertz CT molecular complexity index is 697. The molecule has 0 spiro atoms. The Labute approximate surface area is 124 Å². The maximum atomic E-state index is 12.1. The van der Waals surface area contributed by atoms with Crippen LogP contribution in [0.15, 0.2) is 36.5 Å². The van der Waals surface area contributed by atoms with Crippen molar-refractivity contribution in [3.8, 4) is 0 Å². The van der Waals surface area contributed by atoms with Crippen molar-refractivity contribution < 1.29 is 8.42 Å². The Kier molecular flexibility index (Phi) is 4.05. The van der Waals surface area contributed by atoms with Crippen molar-refractivity contribution in [3.05, 3.63) is 53.3 Å². The highest BCUT2D eigenvalue weighted by molar-refractivity contribution is 7.87. The fourth-order valence-corrected chi connectivity index (χ4v) is 3.63. The molecule has 0 saturated carbocycles. The number of rotatable bonds is 5. The molecular formula is C14H18N4O2S. The van der Waals surface area contributed by atoms with Gasteiger partial charge in [0.25, 0.3) is 10.2 Å². The summed E-state index contributed by atoms with van der Waals surface area (Å²) >= 11 is 0. The molecule has 0 saturated heterocycles. The van der Waals surface area contributed by atoms with Gasteiger partial charge < -0.3 is 0 Å². The Morgan fingerprint density at radius 2 is 2.10 bits per heavy atom. The van der Waals surface area contributed by atoms with Crippen LogP contribution in [0.3, 0.4) is 0 Å². The molecule has 0 unspecified atom stereocenters. The molecule has 0 aliphatic heterocycles. The van der Waals surface area contributed by atoms with Gasteiger partial charge in [-0.3, -0.25) is 5.10 Å². The minimum atomic E-state index is -3.50. The highest BCUT2D eigenvalue weighted by Crippen LogP contribution is 2.19. The zero-order valence-corrected chi connectivity index (χ0v) is 12.4. The fourth-order valence-electron chi connectivity index (χ4n) is 2.55. The molecule has 1 heterocycles. The van der Waals surface area contributed by atoms with Crippen molar-refractivity contribution in [2.75, 3.05) is 0 Å². The maximum absolute atomic E-state index is 12.1. The number of fused-ring (bicyclic) bond motifs is 1. The first-order chi connectivity index (χ1) is 10.1. The van der Waals surface area contributed by atoms with Gasteiger partial charge in [0.2, 0.25) is 0 Å². The number of hydrogen-bond acceptors (Lipinski definition) is 3. The third-order valence-corrected chi connectivity index (χ3v) is 4.82. The minimum Gasteiger partial charge on any atom is -0.282 e. The second-order valence-electron chi connectivity index (χ2n) is 5.24. The third kappa shape index (κ3) is 3.69. The van der Waals surface area contributed by atoms with Crippen LogP contribution >= 0.6 is 0 Å². The van der Waals surface area contributed by atoms with E-state index in [1.54, 1.807) is 6.20 Å². The van der Waals surface area contributed by atoms with E-state index in [-0.39, 0.29) is 6.04 Å². The van der Waals surface area contributed by atoms with Crippen molar-refractivity contribution in [1.29, 1.82) is 0 Å². The molecule has 0 fully saturated rings. The van der Waals surface area contributed by atoms with Gasteiger partial charge in [0.05, 0.1) is 6.20 Å². The average molecular weight is 306 g/mol. The van der Waals surface area contributed by atoms with Gasteiger partial charge in [0, 0.05) is 18.3 Å². The normalized spacial score (nSPS) is 18.4. The van der Waals surface area contributed by atoms with Crippen molar-refractivity contribution in [2.45, 2.75) is 31.8 Å². The van der Waals surface area contributed by atoms with Gasteiger partial charge >= 0.3 is 0 Å². The topological polar surface area (TPSA) is 86.9 Å². The van der Waals surface area contributed by atoms with Gasteiger partial charge in [0.15, 0.2) is 0 Å². The van der Waals surface area contributed by atoms with E-state index >= 15 is 0 Å². The van der Waals surface area contributed by atoms with Crippen molar-refractivity contribution in [2.24, 2.45) is 0 Å². The van der Waals surface area contributed by atoms with Crippen LogP contribution in [0.2, 0.25) is 0 Å². The maximum Gasteiger partial charge on any atom is 0.277 e. The zero-order valence-electron chi connectivity index (χ0n) is 11.5. The highest BCUT2D eigenvalue weighted by atomic mass is 32.2. The number of nitrogens with zero attached hydrogens (tertiary/aromatic N) is 1. The van der Waals surface area contributed by atoms with Crippen LogP contribution in [0.4, 0.5) is 0 Å². The van der Waals surface area contributed by atoms with Crippen LogP contribution in [0, 0.1) is 0 Å². The lowest BCUT2D eigenvalue weighted by molar-refractivity contribution is 0.498. The molecule has 1 aromatic carbocycles.